The Labute approximate surface area is 99.7 Å². The lowest BCUT2D eigenvalue weighted by Gasteiger charge is -1.91. The maximum Gasteiger partial charge on any atom is 0.332 e. The Kier molecular flexibility index (Phi) is 3.87. The second-order valence-electron chi connectivity index (χ2n) is 2.70. The molecule has 1 aromatic rings. The summed E-state index contributed by atoms with van der Waals surface area (Å²) in [6, 6.07) is -0.652. The van der Waals surface area contributed by atoms with Crippen molar-refractivity contribution in [2.24, 2.45) is 10.8 Å². The average Bonchev–Trinajstić information content (AvgIpc) is 2.33. The smallest absolute Gasteiger partial charge is 0.332 e. The first-order valence-corrected chi connectivity index (χ1v) is 5.76. The third kappa shape index (κ3) is 2.68. The van der Waals surface area contributed by atoms with Gasteiger partial charge in [-0.25, -0.2) is 10.2 Å². The predicted molar refractivity (Wildman–Crippen MR) is 66.8 cm³/mol. The minimum absolute atomic E-state index is 0.652. The number of primary amides is 1. The van der Waals surface area contributed by atoms with Gasteiger partial charge < -0.3 is 5.73 Å². The van der Waals surface area contributed by atoms with Gasteiger partial charge in [-0.1, -0.05) is 0 Å². The number of amides is 2. The number of hydrazone groups is 1. The number of halogens is 1. The molecule has 0 spiro atoms. The van der Waals surface area contributed by atoms with Crippen LogP contribution in [0.5, 0.6) is 0 Å². The van der Waals surface area contributed by atoms with Crippen LogP contribution in [-0.2, 0) is 0 Å². The van der Waals surface area contributed by atoms with Gasteiger partial charge in [0.05, 0.1) is 11.1 Å². The molecule has 2 amide bonds. The van der Waals surface area contributed by atoms with Crippen LogP contribution in [0.4, 0.5) is 4.79 Å². The number of carbonyl (C=O) groups excluding carboxylic acids is 1. The molecule has 6 heteroatoms. The summed E-state index contributed by atoms with van der Waals surface area (Å²) in [7, 11) is 0. The molecular weight excluding hydrogens is 313 g/mol. The van der Waals surface area contributed by atoms with E-state index < -0.39 is 6.03 Å². The molecule has 0 aromatic carbocycles. The van der Waals surface area contributed by atoms with Gasteiger partial charge in [0.1, 0.15) is 0 Å². The number of hydrogen-bond donors (Lipinski definition) is 2. The monoisotopic (exact) mass is 323 g/mol. The zero-order chi connectivity index (χ0) is 10.7. The number of aryl methyl sites for hydroxylation is 1. The molecular formula is C8H10IN3OS. The first-order valence-electron chi connectivity index (χ1n) is 3.86. The molecule has 3 N–H and O–H groups in total. The van der Waals surface area contributed by atoms with E-state index in [1.807, 2.05) is 0 Å². The van der Waals surface area contributed by atoms with Crippen molar-refractivity contribution in [2.75, 3.05) is 0 Å². The zero-order valence-electron chi connectivity index (χ0n) is 7.80. The quantitative estimate of drug-likeness (QED) is 0.488. The first-order chi connectivity index (χ1) is 6.52. The maximum absolute atomic E-state index is 10.3. The molecule has 1 rings (SSSR count). The zero-order valence-corrected chi connectivity index (χ0v) is 10.8. The molecule has 0 saturated carbocycles. The fourth-order valence-corrected chi connectivity index (χ4v) is 2.85. The van der Waals surface area contributed by atoms with E-state index in [1.54, 1.807) is 17.6 Å². The van der Waals surface area contributed by atoms with Gasteiger partial charge >= 0.3 is 6.03 Å². The van der Waals surface area contributed by atoms with Crippen molar-refractivity contribution in [1.82, 2.24) is 5.43 Å². The van der Waals surface area contributed by atoms with Crippen LogP contribution >= 0.6 is 33.9 Å². The topological polar surface area (TPSA) is 67.5 Å². The number of nitrogens with zero attached hydrogens (tertiary/aromatic N) is 1. The van der Waals surface area contributed by atoms with Crippen LogP contribution in [0, 0.1) is 17.4 Å². The summed E-state index contributed by atoms with van der Waals surface area (Å²) in [5.41, 5.74) is 8.29. The van der Waals surface area contributed by atoms with Gasteiger partial charge in [-0.3, -0.25) is 0 Å². The molecule has 4 nitrogen and oxygen atoms in total. The van der Waals surface area contributed by atoms with Crippen molar-refractivity contribution in [2.45, 2.75) is 13.8 Å². The molecule has 0 aliphatic rings. The van der Waals surface area contributed by atoms with Crippen LogP contribution in [0.25, 0.3) is 0 Å². The highest BCUT2D eigenvalue weighted by Gasteiger charge is 2.07. The Hall–Kier alpha value is -0.630. The fourth-order valence-electron chi connectivity index (χ4n) is 0.863. The Bertz CT molecular complexity index is 386. The molecule has 1 heterocycles. The number of rotatable bonds is 2. The van der Waals surface area contributed by atoms with Crippen molar-refractivity contribution in [3.8, 4) is 0 Å². The summed E-state index contributed by atoms with van der Waals surface area (Å²) in [6.45, 7) is 4.12. The third-order valence-corrected chi connectivity index (χ3v) is 4.59. The average molecular weight is 323 g/mol. The van der Waals surface area contributed by atoms with E-state index >= 15 is 0 Å². The molecule has 0 aliphatic carbocycles. The lowest BCUT2D eigenvalue weighted by Crippen LogP contribution is -2.24. The molecule has 0 radical (unpaired) electrons. The van der Waals surface area contributed by atoms with Crippen LogP contribution < -0.4 is 11.2 Å². The van der Waals surface area contributed by atoms with Gasteiger partial charge in [0, 0.05) is 8.45 Å². The summed E-state index contributed by atoms with van der Waals surface area (Å²) in [5, 5.41) is 3.71. The van der Waals surface area contributed by atoms with Crippen molar-refractivity contribution < 1.29 is 4.79 Å². The van der Waals surface area contributed by atoms with E-state index in [4.69, 9.17) is 5.73 Å². The van der Waals surface area contributed by atoms with E-state index in [0.29, 0.717) is 0 Å². The predicted octanol–water partition coefficient (Wildman–Crippen LogP) is 1.97. The van der Waals surface area contributed by atoms with Crippen LogP contribution in [0.15, 0.2) is 5.10 Å². The van der Waals surface area contributed by atoms with Gasteiger partial charge in [-0.05, 0) is 42.0 Å². The van der Waals surface area contributed by atoms with Gasteiger partial charge in [0.15, 0.2) is 0 Å². The SMILES string of the molecule is Cc1sc(/C=N\NC(N)=O)c(I)c1C. The maximum atomic E-state index is 10.3. The molecule has 76 valence electrons. The lowest BCUT2D eigenvalue weighted by atomic mass is 10.3. The molecule has 0 saturated heterocycles. The second kappa shape index (κ2) is 4.74. The van der Waals surface area contributed by atoms with Crippen molar-refractivity contribution >= 4 is 46.2 Å². The standard InChI is InChI=1S/C8H10IN3OS/c1-4-5(2)14-6(7(4)9)3-11-12-8(10)13/h3H,1-2H3,(H3,10,12,13)/b11-3-. The van der Waals surface area contributed by atoms with E-state index in [9.17, 15) is 4.79 Å². The molecule has 0 aliphatic heterocycles. The van der Waals surface area contributed by atoms with Gasteiger partial charge in [0.25, 0.3) is 0 Å². The first kappa shape index (κ1) is 11.4. The summed E-state index contributed by atoms with van der Waals surface area (Å²) >= 11 is 3.90. The van der Waals surface area contributed by atoms with E-state index in [-0.39, 0.29) is 0 Å². The highest BCUT2D eigenvalue weighted by Crippen LogP contribution is 2.27. The molecule has 0 bridgehead atoms. The summed E-state index contributed by atoms with van der Waals surface area (Å²) in [4.78, 5) is 12.6. The number of carbonyl (C=O) groups is 1. The Morgan fingerprint density at radius 2 is 2.29 bits per heavy atom. The summed E-state index contributed by atoms with van der Waals surface area (Å²) in [6.07, 6.45) is 1.61. The van der Waals surface area contributed by atoms with Crippen molar-refractivity contribution in [3.63, 3.8) is 0 Å². The highest BCUT2D eigenvalue weighted by molar-refractivity contribution is 14.1. The third-order valence-electron chi connectivity index (χ3n) is 1.69. The van der Waals surface area contributed by atoms with Crippen molar-refractivity contribution in [3.05, 3.63) is 18.9 Å². The van der Waals surface area contributed by atoms with Crippen LogP contribution in [0.3, 0.4) is 0 Å². The van der Waals surface area contributed by atoms with Crippen molar-refractivity contribution in [1.29, 1.82) is 0 Å². The van der Waals surface area contributed by atoms with Gasteiger partial charge in [-0.15, -0.1) is 11.3 Å². The van der Waals surface area contributed by atoms with E-state index in [0.717, 1.165) is 4.88 Å². The fraction of sp³-hybridized carbons (Fsp3) is 0.250. The number of nitrogens with one attached hydrogen (secondary N) is 1. The van der Waals surface area contributed by atoms with Gasteiger partial charge in [0.2, 0.25) is 0 Å². The van der Waals surface area contributed by atoms with Crippen LogP contribution in [0.1, 0.15) is 15.3 Å². The second-order valence-corrected chi connectivity index (χ2v) is 5.03. The number of hydrogen-bond acceptors (Lipinski definition) is 3. The van der Waals surface area contributed by atoms with Crippen LogP contribution in [0.2, 0.25) is 0 Å². The molecule has 0 atom stereocenters. The van der Waals surface area contributed by atoms with E-state index in [2.05, 4.69) is 47.0 Å². The Morgan fingerprint density at radius 3 is 2.71 bits per heavy atom. The molecule has 14 heavy (non-hydrogen) atoms. The highest BCUT2D eigenvalue weighted by atomic mass is 127. The molecule has 0 fully saturated rings. The van der Waals surface area contributed by atoms with Gasteiger partial charge in [-0.2, -0.15) is 5.10 Å². The normalized spacial score (nSPS) is 10.8. The van der Waals surface area contributed by atoms with E-state index in [1.165, 1.54) is 14.0 Å². The number of thiophene rings is 1. The number of nitrogens with two attached hydrogens (primary N) is 1. The van der Waals surface area contributed by atoms with Crippen LogP contribution in [-0.4, -0.2) is 12.2 Å². The largest absolute Gasteiger partial charge is 0.350 e. The lowest BCUT2D eigenvalue weighted by molar-refractivity contribution is 0.249. The number of urea groups is 1. The Balaban J connectivity index is 2.82. The summed E-state index contributed by atoms with van der Waals surface area (Å²) < 4.78 is 1.17. The minimum atomic E-state index is -0.652. The summed E-state index contributed by atoms with van der Waals surface area (Å²) in [5.74, 6) is 0. The molecule has 0 unspecified atom stereocenters. The Morgan fingerprint density at radius 1 is 1.64 bits per heavy atom. The minimum Gasteiger partial charge on any atom is -0.350 e. The molecule has 1 aromatic heterocycles.